The second kappa shape index (κ2) is 7.58. The molecule has 5 nitrogen and oxygen atoms in total. The molecular weight excluding hydrogens is 357 g/mol. The van der Waals surface area contributed by atoms with E-state index < -0.39 is 0 Å². The number of nitrogens with one attached hydrogen (secondary N) is 1. The van der Waals surface area contributed by atoms with Crippen LogP contribution in [-0.2, 0) is 0 Å². The maximum absolute atomic E-state index is 13.1. The molecule has 0 aliphatic rings. The molecule has 0 atom stereocenters. The van der Waals surface area contributed by atoms with Crippen LogP contribution in [0.25, 0.3) is 5.69 Å². The molecule has 1 heterocycles. The minimum atomic E-state index is -0.370. The van der Waals surface area contributed by atoms with E-state index in [1.165, 1.54) is 16.8 Å². The first-order valence-corrected chi connectivity index (χ1v) is 8.42. The van der Waals surface area contributed by atoms with E-state index in [-0.39, 0.29) is 22.4 Å². The highest BCUT2D eigenvalue weighted by Crippen LogP contribution is 2.25. The molecule has 0 bridgehead atoms. The molecule has 0 fully saturated rings. The smallest absolute Gasteiger partial charge is 0.260 e. The zero-order chi connectivity index (χ0) is 18.7. The number of hydrogen-bond acceptors (Lipinski definition) is 3. The number of carbonyl (C=O) groups excluding carboxylic acids is 1. The number of hydrogen-bond donors (Lipinski definition) is 1. The summed E-state index contributed by atoms with van der Waals surface area (Å²) in [6.07, 6.45) is 0. The molecule has 1 N–H and O–H groups in total. The van der Waals surface area contributed by atoms with Crippen molar-refractivity contribution in [1.29, 1.82) is 0 Å². The van der Waals surface area contributed by atoms with E-state index in [2.05, 4.69) is 10.4 Å². The highest BCUT2D eigenvalue weighted by molar-refractivity contribution is 6.34. The van der Waals surface area contributed by atoms with E-state index in [1.807, 2.05) is 6.92 Å². The summed E-state index contributed by atoms with van der Waals surface area (Å²) in [7, 11) is 0. The van der Waals surface area contributed by atoms with Crippen molar-refractivity contribution in [3.63, 3.8) is 0 Å². The third-order valence-electron chi connectivity index (χ3n) is 3.73. The molecule has 26 heavy (non-hydrogen) atoms. The van der Waals surface area contributed by atoms with Crippen molar-refractivity contribution in [2.75, 3.05) is 11.9 Å². The minimum absolute atomic E-state index is 0.164. The summed E-state index contributed by atoms with van der Waals surface area (Å²) in [5, 5.41) is 7.25. The lowest BCUT2D eigenvalue weighted by Crippen LogP contribution is -2.13. The van der Waals surface area contributed by atoms with Crippen LogP contribution in [0, 0.1) is 12.7 Å². The van der Waals surface area contributed by atoms with Crippen molar-refractivity contribution in [2.45, 2.75) is 13.8 Å². The molecule has 0 unspecified atom stereocenters. The van der Waals surface area contributed by atoms with E-state index in [9.17, 15) is 9.18 Å². The Bertz CT molecular complexity index is 921. The average molecular weight is 374 g/mol. The summed E-state index contributed by atoms with van der Waals surface area (Å²) >= 11 is 6.36. The number of halogens is 2. The summed E-state index contributed by atoms with van der Waals surface area (Å²) in [6, 6.07) is 12.7. The standard InChI is InChI=1S/C19H17ClFN3O2/c1-3-26-16-10-6-14(7-11-16)22-19(25)17-12(2)23-24(18(17)20)15-8-4-13(21)5-9-15/h4-11H,3H2,1-2H3,(H,22,25). The SMILES string of the molecule is CCOc1ccc(NC(=O)c2c(C)nn(-c3ccc(F)cc3)c2Cl)cc1. The van der Waals surface area contributed by atoms with Gasteiger partial charge in [-0.3, -0.25) is 4.79 Å². The minimum Gasteiger partial charge on any atom is -0.494 e. The van der Waals surface area contributed by atoms with E-state index in [1.54, 1.807) is 43.3 Å². The van der Waals surface area contributed by atoms with Crippen LogP contribution >= 0.6 is 11.6 Å². The Balaban J connectivity index is 1.84. The van der Waals surface area contributed by atoms with Crippen LogP contribution in [0.5, 0.6) is 5.75 Å². The van der Waals surface area contributed by atoms with Gasteiger partial charge in [0.05, 0.1) is 18.0 Å². The van der Waals surface area contributed by atoms with E-state index >= 15 is 0 Å². The molecule has 0 aliphatic heterocycles. The number of rotatable bonds is 5. The van der Waals surface area contributed by atoms with Gasteiger partial charge in [0.1, 0.15) is 22.3 Å². The fourth-order valence-electron chi connectivity index (χ4n) is 2.51. The van der Waals surface area contributed by atoms with Crippen molar-refractivity contribution in [2.24, 2.45) is 0 Å². The lowest BCUT2D eigenvalue weighted by molar-refractivity contribution is 0.102. The maximum atomic E-state index is 13.1. The molecule has 0 radical (unpaired) electrons. The van der Waals surface area contributed by atoms with Gasteiger partial charge in [0, 0.05) is 5.69 Å². The van der Waals surface area contributed by atoms with Gasteiger partial charge < -0.3 is 10.1 Å². The zero-order valence-corrected chi connectivity index (χ0v) is 15.0. The van der Waals surface area contributed by atoms with Crippen molar-refractivity contribution in [3.8, 4) is 11.4 Å². The predicted octanol–water partition coefficient (Wildman–Crippen LogP) is 4.62. The molecule has 3 rings (SSSR count). The Labute approximate surface area is 155 Å². The lowest BCUT2D eigenvalue weighted by Gasteiger charge is -2.07. The van der Waals surface area contributed by atoms with Gasteiger partial charge in [0.25, 0.3) is 5.91 Å². The van der Waals surface area contributed by atoms with E-state index in [4.69, 9.17) is 16.3 Å². The van der Waals surface area contributed by atoms with Crippen LogP contribution < -0.4 is 10.1 Å². The molecule has 0 spiro atoms. The Morgan fingerprint density at radius 1 is 1.19 bits per heavy atom. The highest BCUT2D eigenvalue weighted by Gasteiger charge is 2.21. The van der Waals surface area contributed by atoms with Crippen molar-refractivity contribution >= 4 is 23.2 Å². The van der Waals surface area contributed by atoms with Crippen molar-refractivity contribution in [3.05, 3.63) is 70.8 Å². The normalized spacial score (nSPS) is 10.6. The number of carbonyl (C=O) groups is 1. The second-order valence-corrected chi connectivity index (χ2v) is 5.91. The van der Waals surface area contributed by atoms with Gasteiger partial charge in [-0.2, -0.15) is 5.10 Å². The zero-order valence-electron chi connectivity index (χ0n) is 14.3. The number of aryl methyl sites for hydroxylation is 1. The quantitative estimate of drug-likeness (QED) is 0.709. The number of nitrogens with zero attached hydrogens (tertiary/aromatic N) is 2. The summed E-state index contributed by atoms with van der Waals surface area (Å²) < 4.78 is 19.9. The molecule has 3 aromatic rings. The number of aromatic nitrogens is 2. The molecule has 7 heteroatoms. The first-order valence-electron chi connectivity index (χ1n) is 8.05. The van der Waals surface area contributed by atoms with Gasteiger partial charge in [-0.1, -0.05) is 11.6 Å². The Morgan fingerprint density at radius 3 is 2.46 bits per heavy atom. The second-order valence-electron chi connectivity index (χ2n) is 5.55. The molecule has 0 saturated heterocycles. The molecule has 1 aromatic heterocycles. The number of amides is 1. The van der Waals surface area contributed by atoms with Crippen LogP contribution in [0.3, 0.4) is 0 Å². The first kappa shape index (κ1) is 17.9. The molecular formula is C19H17ClFN3O2. The number of ether oxygens (including phenoxy) is 1. The van der Waals surface area contributed by atoms with E-state index in [0.717, 1.165) is 5.75 Å². The summed E-state index contributed by atoms with van der Waals surface area (Å²) in [6.45, 7) is 4.17. The van der Waals surface area contributed by atoms with Gasteiger partial charge in [-0.05, 0) is 62.4 Å². The summed E-state index contributed by atoms with van der Waals surface area (Å²) in [5.41, 5.74) is 1.93. The highest BCUT2D eigenvalue weighted by atomic mass is 35.5. The van der Waals surface area contributed by atoms with Gasteiger partial charge >= 0.3 is 0 Å². The van der Waals surface area contributed by atoms with Gasteiger partial charge in [-0.25, -0.2) is 9.07 Å². The Kier molecular flexibility index (Phi) is 5.23. The summed E-state index contributed by atoms with van der Waals surface area (Å²) in [4.78, 5) is 12.6. The third kappa shape index (κ3) is 3.70. The molecule has 134 valence electrons. The van der Waals surface area contributed by atoms with Crippen LogP contribution in [0.1, 0.15) is 23.0 Å². The van der Waals surface area contributed by atoms with Crippen LogP contribution in [0.15, 0.2) is 48.5 Å². The maximum Gasteiger partial charge on any atom is 0.260 e. The van der Waals surface area contributed by atoms with Gasteiger partial charge in [-0.15, -0.1) is 0 Å². The fraction of sp³-hybridized carbons (Fsp3) is 0.158. The fourth-order valence-corrected chi connectivity index (χ4v) is 2.86. The average Bonchev–Trinajstić information content (AvgIpc) is 2.92. The van der Waals surface area contributed by atoms with Crippen molar-refractivity contribution < 1.29 is 13.9 Å². The van der Waals surface area contributed by atoms with Crippen LogP contribution in [-0.4, -0.2) is 22.3 Å². The van der Waals surface area contributed by atoms with Gasteiger partial charge in [0.2, 0.25) is 0 Å². The number of benzene rings is 2. The van der Waals surface area contributed by atoms with E-state index in [0.29, 0.717) is 23.7 Å². The first-order chi connectivity index (χ1) is 12.5. The molecule has 0 saturated carbocycles. The van der Waals surface area contributed by atoms with Crippen LogP contribution in [0.4, 0.5) is 10.1 Å². The molecule has 2 aromatic carbocycles. The third-order valence-corrected chi connectivity index (χ3v) is 4.07. The topological polar surface area (TPSA) is 56.1 Å². The summed E-state index contributed by atoms with van der Waals surface area (Å²) in [5.74, 6) is -0.00363. The molecule has 1 amide bonds. The van der Waals surface area contributed by atoms with Crippen LogP contribution in [0.2, 0.25) is 5.15 Å². The largest absolute Gasteiger partial charge is 0.494 e. The lowest BCUT2D eigenvalue weighted by atomic mass is 10.2. The van der Waals surface area contributed by atoms with Gasteiger partial charge in [0.15, 0.2) is 0 Å². The number of anilines is 1. The predicted molar refractivity (Wildman–Crippen MR) is 98.8 cm³/mol. The Morgan fingerprint density at radius 2 is 1.85 bits per heavy atom. The Hall–Kier alpha value is -2.86. The molecule has 0 aliphatic carbocycles. The van der Waals surface area contributed by atoms with Crippen molar-refractivity contribution in [1.82, 2.24) is 9.78 Å². The monoisotopic (exact) mass is 373 g/mol.